The van der Waals surface area contributed by atoms with Crippen LogP contribution < -0.4 is 9.03 Å². The van der Waals surface area contributed by atoms with Gasteiger partial charge >= 0.3 is 16.2 Å². The number of ether oxygens (including phenoxy) is 2. The van der Waals surface area contributed by atoms with Crippen molar-refractivity contribution in [2.45, 2.75) is 0 Å². The van der Waals surface area contributed by atoms with E-state index in [-0.39, 0.29) is 24.4 Å². The summed E-state index contributed by atoms with van der Waals surface area (Å²) in [6.45, 7) is 0.398. The fourth-order valence-electron chi connectivity index (χ4n) is 1.53. The number of carbonyl (C=O) groups excluding carboxylic acids is 1. The summed E-state index contributed by atoms with van der Waals surface area (Å²) in [4.78, 5) is 11.6. The number of hydrogen-bond donors (Lipinski definition) is 1. The highest BCUT2D eigenvalue weighted by molar-refractivity contribution is 7.90. The minimum atomic E-state index is -3.75. The number of hydrogen-bond acceptors (Lipinski definition) is 5. The average Bonchev–Trinajstić information content (AvgIpc) is 2.45. The Morgan fingerprint density at radius 3 is 2.55 bits per heavy atom. The highest BCUT2D eigenvalue weighted by Crippen LogP contribution is 2.21. The molecule has 0 aliphatic carbocycles. The summed E-state index contributed by atoms with van der Waals surface area (Å²) in [5.74, 6) is -0.598. The maximum absolute atomic E-state index is 12.1. The largest absolute Gasteiger partial charge is 0.465 e. The van der Waals surface area contributed by atoms with E-state index in [1.54, 1.807) is 12.1 Å². The molecular weight excluding hydrogens is 284 g/mol. The maximum Gasteiger partial charge on any atom is 0.340 e. The second-order valence-electron chi connectivity index (χ2n) is 3.87. The summed E-state index contributed by atoms with van der Waals surface area (Å²) in [7, 11) is 0.321. The predicted molar refractivity (Wildman–Crippen MR) is 75.0 cm³/mol. The number of anilines is 1. The third kappa shape index (κ3) is 3.92. The number of para-hydroxylation sites is 1. The van der Waals surface area contributed by atoms with Crippen LogP contribution in [0.15, 0.2) is 24.3 Å². The van der Waals surface area contributed by atoms with Crippen LogP contribution in [0.2, 0.25) is 0 Å². The number of methoxy groups -OCH3 is 2. The van der Waals surface area contributed by atoms with Crippen LogP contribution in [-0.2, 0) is 19.7 Å². The van der Waals surface area contributed by atoms with Gasteiger partial charge in [-0.15, -0.1) is 0 Å². The highest BCUT2D eigenvalue weighted by Gasteiger charge is 2.22. The molecule has 0 aliphatic rings. The molecule has 0 aliphatic heterocycles. The Hall–Kier alpha value is -1.64. The van der Waals surface area contributed by atoms with Gasteiger partial charge in [0.15, 0.2) is 0 Å². The van der Waals surface area contributed by atoms with Gasteiger partial charge in [0.05, 0.1) is 25.0 Å². The first-order valence-corrected chi connectivity index (χ1v) is 7.28. The molecule has 0 heterocycles. The van der Waals surface area contributed by atoms with Crippen molar-refractivity contribution in [1.82, 2.24) is 4.72 Å². The number of nitrogens with one attached hydrogen (secondary N) is 1. The van der Waals surface area contributed by atoms with E-state index in [9.17, 15) is 13.2 Å². The molecule has 1 N–H and O–H groups in total. The molecule has 0 saturated carbocycles. The highest BCUT2D eigenvalue weighted by atomic mass is 32.2. The molecule has 7 nitrogen and oxygen atoms in total. The second-order valence-corrected chi connectivity index (χ2v) is 5.65. The molecule has 0 bridgehead atoms. The molecule has 0 amide bonds. The van der Waals surface area contributed by atoms with Gasteiger partial charge in [0.25, 0.3) is 0 Å². The van der Waals surface area contributed by atoms with Crippen molar-refractivity contribution >= 4 is 21.9 Å². The van der Waals surface area contributed by atoms with Crippen LogP contribution in [0.3, 0.4) is 0 Å². The van der Waals surface area contributed by atoms with Crippen LogP contribution >= 0.6 is 0 Å². The Morgan fingerprint density at radius 1 is 1.30 bits per heavy atom. The van der Waals surface area contributed by atoms with Crippen molar-refractivity contribution in [2.24, 2.45) is 0 Å². The van der Waals surface area contributed by atoms with Crippen LogP contribution in [-0.4, -0.2) is 48.8 Å². The monoisotopic (exact) mass is 302 g/mol. The number of esters is 1. The van der Waals surface area contributed by atoms with Gasteiger partial charge < -0.3 is 9.47 Å². The third-order valence-corrected chi connectivity index (χ3v) is 4.09. The molecule has 1 aromatic rings. The van der Waals surface area contributed by atoms with Gasteiger partial charge in [-0.25, -0.2) is 4.79 Å². The Kier molecular flexibility index (Phi) is 5.93. The quantitative estimate of drug-likeness (QED) is 0.582. The van der Waals surface area contributed by atoms with Crippen molar-refractivity contribution in [3.63, 3.8) is 0 Å². The van der Waals surface area contributed by atoms with Crippen LogP contribution in [0.1, 0.15) is 10.4 Å². The first-order valence-electron chi connectivity index (χ1n) is 5.84. The normalized spacial score (nSPS) is 11.2. The van der Waals surface area contributed by atoms with Gasteiger partial charge in [-0.05, 0) is 12.1 Å². The molecule has 0 spiro atoms. The van der Waals surface area contributed by atoms with Crippen molar-refractivity contribution in [2.75, 3.05) is 38.7 Å². The van der Waals surface area contributed by atoms with E-state index in [4.69, 9.17) is 4.74 Å². The molecule has 0 atom stereocenters. The lowest BCUT2D eigenvalue weighted by molar-refractivity contribution is 0.0601. The van der Waals surface area contributed by atoms with Gasteiger partial charge in [-0.2, -0.15) is 13.1 Å². The van der Waals surface area contributed by atoms with E-state index in [2.05, 4.69) is 9.46 Å². The van der Waals surface area contributed by atoms with Gasteiger partial charge in [-0.3, -0.25) is 4.31 Å². The fraction of sp³-hybridized carbons (Fsp3) is 0.417. The summed E-state index contributed by atoms with van der Waals surface area (Å²) in [5, 5.41) is 0. The molecule has 0 radical (unpaired) electrons. The Labute approximate surface area is 118 Å². The summed E-state index contributed by atoms with van der Waals surface area (Å²) in [6.07, 6.45) is 0. The van der Waals surface area contributed by atoms with Crippen molar-refractivity contribution in [3.05, 3.63) is 29.8 Å². The second kappa shape index (κ2) is 7.22. The van der Waals surface area contributed by atoms with Gasteiger partial charge in [0.1, 0.15) is 0 Å². The zero-order chi connectivity index (χ0) is 15.2. The lowest BCUT2D eigenvalue weighted by Gasteiger charge is -2.21. The molecule has 0 unspecified atom stereocenters. The standard InChI is InChI=1S/C12H18N2O5S/c1-14(20(16,17)13-8-9-18-2)11-7-5-4-6-10(11)12(15)19-3/h4-7,13H,8-9H2,1-3H3. The summed E-state index contributed by atoms with van der Waals surface area (Å²) >= 11 is 0. The molecular formula is C12H18N2O5S. The smallest absolute Gasteiger partial charge is 0.340 e. The lowest BCUT2D eigenvalue weighted by Crippen LogP contribution is -2.40. The van der Waals surface area contributed by atoms with Crippen molar-refractivity contribution in [1.29, 1.82) is 0 Å². The SMILES string of the molecule is COCCNS(=O)(=O)N(C)c1ccccc1C(=O)OC. The van der Waals surface area contributed by atoms with E-state index < -0.39 is 16.2 Å². The maximum atomic E-state index is 12.1. The Bertz CT molecular complexity index is 559. The fourth-order valence-corrected chi connectivity index (χ4v) is 2.48. The van der Waals surface area contributed by atoms with E-state index in [0.29, 0.717) is 0 Å². The van der Waals surface area contributed by atoms with Gasteiger partial charge in [0, 0.05) is 20.7 Å². The zero-order valence-corrected chi connectivity index (χ0v) is 12.4. The molecule has 112 valence electrons. The molecule has 1 rings (SSSR count). The number of nitrogens with zero attached hydrogens (tertiary/aromatic N) is 1. The van der Waals surface area contributed by atoms with Gasteiger partial charge in [-0.1, -0.05) is 12.1 Å². The van der Waals surface area contributed by atoms with E-state index in [1.807, 2.05) is 0 Å². The zero-order valence-electron chi connectivity index (χ0n) is 11.6. The number of carbonyl (C=O) groups is 1. The average molecular weight is 302 g/mol. The summed E-state index contributed by atoms with van der Waals surface area (Å²) < 4.78 is 36.9. The lowest BCUT2D eigenvalue weighted by atomic mass is 10.2. The minimum absolute atomic E-state index is 0.142. The number of rotatable bonds is 7. The van der Waals surface area contributed by atoms with Crippen molar-refractivity contribution < 1.29 is 22.7 Å². The molecule has 20 heavy (non-hydrogen) atoms. The summed E-state index contributed by atoms with van der Waals surface area (Å²) in [6, 6.07) is 6.31. The first-order chi connectivity index (χ1) is 9.44. The minimum Gasteiger partial charge on any atom is -0.465 e. The molecule has 1 aromatic carbocycles. The Balaban J connectivity index is 3.02. The van der Waals surface area contributed by atoms with Crippen LogP contribution in [0.4, 0.5) is 5.69 Å². The van der Waals surface area contributed by atoms with Crippen LogP contribution in [0.5, 0.6) is 0 Å². The molecule has 0 aromatic heterocycles. The van der Waals surface area contributed by atoms with Gasteiger partial charge in [0.2, 0.25) is 0 Å². The summed E-state index contributed by atoms with van der Waals surface area (Å²) in [5.41, 5.74) is 0.416. The van der Waals surface area contributed by atoms with Crippen LogP contribution in [0, 0.1) is 0 Å². The van der Waals surface area contributed by atoms with E-state index in [1.165, 1.54) is 33.4 Å². The topological polar surface area (TPSA) is 84.9 Å². The third-order valence-electron chi connectivity index (χ3n) is 2.60. The predicted octanol–water partition coefficient (Wildman–Crippen LogP) is 0.390. The Morgan fingerprint density at radius 2 is 1.95 bits per heavy atom. The molecule has 0 saturated heterocycles. The van der Waals surface area contributed by atoms with Crippen molar-refractivity contribution in [3.8, 4) is 0 Å². The first kappa shape index (κ1) is 16.4. The van der Waals surface area contributed by atoms with Crippen LogP contribution in [0.25, 0.3) is 0 Å². The van der Waals surface area contributed by atoms with E-state index >= 15 is 0 Å². The molecule has 8 heteroatoms. The van der Waals surface area contributed by atoms with E-state index in [0.717, 1.165) is 4.31 Å². The number of benzene rings is 1. The molecule has 0 fully saturated rings.